The van der Waals surface area contributed by atoms with Gasteiger partial charge in [0.05, 0.1) is 11.9 Å². The average molecular weight is 546 g/mol. The van der Waals surface area contributed by atoms with Crippen LogP contribution in [0.4, 0.5) is 10.1 Å². The quantitative estimate of drug-likeness (QED) is 0.413. The van der Waals surface area contributed by atoms with Gasteiger partial charge < -0.3 is 10.2 Å². The molecule has 0 unspecified atom stereocenters. The predicted molar refractivity (Wildman–Crippen MR) is 149 cm³/mol. The van der Waals surface area contributed by atoms with Crippen LogP contribution >= 0.6 is 0 Å². The number of nitrogens with one attached hydrogen (secondary N) is 1. The summed E-state index contributed by atoms with van der Waals surface area (Å²) in [5.41, 5.74) is 3.10. The minimum Gasteiger partial charge on any atom is -0.352 e. The number of sulfonamides is 1. The molecule has 208 valence electrons. The first-order valence-corrected chi connectivity index (χ1v) is 15.2. The van der Waals surface area contributed by atoms with E-state index in [2.05, 4.69) is 5.32 Å². The number of amides is 2. The van der Waals surface area contributed by atoms with Gasteiger partial charge in [0, 0.05) is 25.6 Å². The molecule has 2 amide bonds. The van der Waals surface area contributed by atoms with Gasteiger partial charge in [0.25, 0.3) is 0 Å². The molecule has 2 aromatic carbocycles. The molecular weight excluding hydrogens is 505 g/mol. The zero-order chi connectivity index (χ0) is 27.9. The Morgan fingerprint density at radius 1 is 1.08 bits per heavy atom. The van der Waals surface area contributed by atoms with Gasteiger partial charge in [-0.15, -0.1) is 0 Å². The number of aryl methyl sites for hydroxylation is 2. The molecule has 0 bridgehead atoms. The van der Waals surface area contributed by atoms with Crippen LogP contribution in [0.1, 0.15) is 68.6 Å². The summed E-state index contributed by atoms with van der Waals surface area (Å²) in [6.45, 7) is 5.95. The maximum absolute atomic E-state index is 13.5. The van der Waals surface area contributed by atoms with Crippen LogP contribution in [0, 0.1) is 19.7 Å². The van der Waals surface area contributed by atoms with E-state index in [1.807, 2.05) is 39.0 Å². The van der Waals surface area contributed by atoms with Crippen molar-refractivity contribution in [1.29, 1.82) is 0 Å². The predicted octanol–water partition coefficient (Wildman–Crippen LogP) is 4.85. The van der Waals surface area contributed by atoms with Crippen molar-refractivity contribution in [3.8, 4) is 0 Å². The van der Waals surface area contributed by atoms with Crippen LogP contribution < -0.4 is 9.62 Å². The molecule has 0 heterocycles. The fourth-order valence-corrected chi connectivity index (χ4v) is 6.06. The molecule has 0 radical (unpaired) electrons. The van der Waals surface area contributed by atoms with Crippen molar-refractivity contribution in [3.63, 3.8) is 0 Å². The standard InChI is InChI=1S/C29H40FN3O4S/c1-5-26(29(35)31-25-9-6-7-10-25)32(20-23-14-16-24(30)17-15-23)28(34)11-8-18-33(38(4,36)37)27-19-21(2)12-13-22(27)3/h12-17,19,25-26H,5-11,18,20H2,1-4H3,(H,31,35)/t26-/m1/s1. The Morgan fingerprint density at radius 3 is 2.34 bits per heavy atom. The molecule has 1 aliphatic carbocycles. The second kappa shape index (κ2) is 13.2. The molecule has 7 nitrogen and oxygen atoms in total. The summed E-state index contributed by atoms with van der Waals surface area (Å²) in [5, 5.41) is 3.11. The highest BCUT2D eigenvalue weighted by atomic mass is 32.2. The number of hydrogen-bond donors (Lipinski definition) is 1. The number of halogens is 1. The van der Waals surface area contributed by atoms with Crippen LogP contribution in [0.3, 0.4) is 0 Å². The average Bonchev–Trinajstić information content (AvgIpc) is 3.36. The zero-order valence-electron chi connectivity index (χ0n) is 22.9. The van der Waals surface area contributed by atoms with Crippen molar-refractivity contribution >= 4 is 27.5 Å². The number of benzene rings is 2. The van der Waals surface area contributed by atoms with Gasteiger partial charge in [0.15, 0.2) is 0 Å². The van der Waals surface area contributed by atoms with E-state index in [1.165, 1.54) is 16.4 Å². The number of carbonyl (C=O) groups excluding carboxylic acids is 2. The molecule has 1 aliphatic rings. The molecule has 1 atom stereocenters. The number of rotatable bonds is 12. The lowest BCUT2D eigenvalue weighted by Crippen LogP contribution is -2.51. The Hall–Kier alpha value is -2.94. The van der Waals surface area contributed by atoms with Crippen LogP contribution in [-0.2, 0) is 26.2 Å². The van der Waals surface area contributed by atoms with E-state index >= 15 is 0 Å². The van der Waals surface area contributed by atoms with Gasteiger partial charge in [-0.25, -0.2) is 12.8 Å². The van der Waals surface area contributed by atoms with Crippen molar-refractivity contribution < 1.29 is 22.4 Å². The van der Waals surface area contributed by atoms with Crippen molar-refractivity contribution in [2.75, 3.05) is 17.1 Å². The van der Waals surface area contributed by atoms with E-state index in [0.29, 0.717) is 18.5 Å². The SMILES string of the molecule is CC[C@H](C(=O)NC1CCCC1)N(Cc1ccc(F)cc1)C(=O)CCCN(c1cc(C)ccc1C)S(C)(=O)=O. The Kier molecular flexibility index (Phi) is 10.3. The van der Waals surface area contributed by atoms with E-state index in [1.54, 1.807) is 17.0 Å². The second-order valence-electron chi connectivity index (χ2n) is 10.3. The summed E-state index contributed by atoms with van der Waals surface area (Å²) >= 11 is 0. The van der Waals surface area contributed by atoms with Gasteiger partial charge in [0.1, 0.15) is 11.9 Å². The fraction of sp³-hybridized carbons (Fsp3) is 0.517. The Bertz CT molecular complexity index is 1210. The summed E-state index contributed by atoms with van der Waals surface area (Å²) in [6, 6.07) is 11.0. The molecule has 38 heavy (non-hydrogen) atoms. The second-order valence-corrected chi connectivity index (χ2v) is 12.2. The third-order valence-corrected chi connectivity index (χ3v) is 8.32. The van der Waals surface area contributed by atoms with Crippen LogP contribution in [0.2, 0.25) is 0 Å². The van der Waals surface area contributed by atoms with Gasteiger partial charge in [-0.2, -0.15) is 0 Å². The minimum absolute atomic E-state index is 0.0747. The van der Waals surface area contributed by atoms with Gasteiger partial charge in [-0.05, 0) is 74.4 Å². The number of carbonyl (C=O) groups is 2. The summed E-state index contributed by atoms with van der Waals surface area (Å²) in [7, 11) is -3.57. The molecule has 0 aromatic heterocycles. The maximum Gasteiger partial charge on any atom is 0.243 e. The lowest BCUT2D eigenvalue weighted by Gasteiger charge is -2.32. The molecule has 1 N–H and O–H groups in total. The van der Waals surface area contributed by atoms with Gasteiger partial charge in [0.2, 0.25) is 21.8 Å². The van der Waals surface area contributed by atoms with Crippen molar-refractivity contribution in [2.45, 2.75) is 84.3 Å². The van der Waals surface area contributed by atoms with E-state index < -0.39 is 16.1 Å². The third kappa shape index (κ3) is 8.03. The van der Waals surface area contributed by atoms with E-state index in [-0.39, 0.29) is 43.2 Å². The summed E-state index contributed by atoms with van der Waals surface area (Å²) in [4.78, 5) is 28.3. The topological polar surface area (TPSA) is 86.8 Å². The molecule has 3 rings (SSSR count). The Labute approximate surface area is 226 Å². The summed E-state index contributed by atoms with van der Waals surface area (Å²) in [6.07, 6.45) is 6.00. The van der Waals surface area contributed by atoms with Crippen LogP contribution in [0.25, 0.3) is 0 Å². The monoisotopic (exact) mass is 545 g/mol. The van der Waals surface area contributed by atoms with Crippen LogP contribution in [-0.4, -0.2) is 50.0 Å². The number of nitrogens with zero attached hydrogens (tertiary/aromatic N) is 2. The van der Waals surface area contributed by atoms with Gasteiger partial charge in [-0.1, -0.05) is 44.0 Å². The van der Waals surface area contributed by atoms with E-state index in [4.69, 9.17) is 0 Å². The van der Waals surface area contributed by atoms with Crippen LogP contribution in [0.15, 0.2) is 42.5 Å². The summed E-state index contributed by atoms with van der Waals surface area (Å²) in [5.74, 6) is -0.787. The maximum atomic E-state index is 13.5. The molecule has 0 aliphatic heterocycles. The third-order valence-electron chi connectivity index (χ3n) is 7.14. The lowest BCUT2D eigenvalue weighted by molar-refractivity contribution is -0.141. The number of hydrogen-bond acceptors (Lipinski definition) is 4. The molecule has 2 aromatic rings. The highest BCUT2D eigenvalue weighted by Gasteiger charge is 2.31. The minimum atomic E-state index is -3.57. The largest absolute Gasteiger partial charge is 0.352 e. The smallest absolute Gasteiger partial charge is 0.243 e. The van der Waals surface area contributed by atoms with E-state index in [9.17, 15) is 22.4 Å². The van der Waals surface area contributed by atoms with Gasteiger partial charge in [-0.3, -0.25) is 13.9 Å². The molecule has 0 saturated heterocycles. The molecule has 0 spiro atoms. The number of anilines is 1. The lowest BCUT2D eigenvalue weighted by atomic mass is 10.1. The summed E-state index contributed by atoms with van der Waals surface area (Å²) < 4.78 is 40.1. The highest BCUT2D eigenvalue weighted by molar-refractivity contribution is 7.92. The Balaban J connectivity index is 1.77. The molecular formula is C29H40FN3O4S. The first kappa shape index (κ1) is 29.6. The first-order valence-electron chi connectivity index (χ1n) is 13.4. The van der Waals surface area contributed by atoms with E-state index in [0.717, 1.165) is 48.6 Å². The van der Waals surface area contributed by atoms with Crippen molar-refractivity contribution in [1.82, 2.24) is 10.2 Å². The first-order chi connectivity index (χ1) is 18.0. The van der Waals surface area contributed by atoms with Crippen molar-refractivity contribution in [3.05, 3.63) is 65.0 Å². The fourth-order valence-electron chi connectivity index (χ4n) is 5.04. The van der Waals surface area contributed by atoms with Crippen molar-refractivity contribution in [2.24, 2.45) is 0 Å². The highest BCUT2D eigenvalue weighted by Crippen LogP contribution is 2.25. The Morgan fingerprint density at radius 2 is 1.74 bits per heavy atom. The molecule has 1 saturated carbocycles. The van der Waals surface area contributed by atoms with Gasteiger partial charge >= 0.3 is 0 Å². The molecule has 1 fully saturated rings. The van der Waals surface area contributed by atoms with Crippen LogP contribution in [0.5, 0.6) is 0 Å². The normalized spacial score (nSPS) is 14.8. The molecule has 9 heteroatoms. The zero-order valence-corrected chi connectivity index (χ0v) is 23.7.